The van der Waals surface area contributed by atoms with E-state index in [-0.39, 0.29) is 11.2 Å². The number of aromatic nitrogens is 1. The van der Waals surface area contributed by atoms with Gasteiger partial charge in [0.15, 0.2) is 17.0 Å². The quantitative estimate of drug-likeness (QED) is 0.784. The molecule has 1 aromatic carbocycles. The van der Waals surface area contributed by atoms with Crippen LogP contribution in [-0.2, 0) is 0 Å². The van der Waals surface area contributed by atoms with Crippen LogP contribution in [0.25, 0.3) is 11.0 Å². The summed E-state index contributed by atoms with van der Waals surface area (Å²) in [5.41, 5.74) is 0.780. The normalized spacial score (nSPS) is 14.4. The van der Waals surface area contributed by atoms with Crippen LogP contribution >= 0.6 is 0 Å². The van der Waals surface area contributed by atoms with E-state index in [4.69, 9.17) is 4.42 Å². The SMILES string of the molecule is O=C(Nc1cccnc1N1CCCCC1)c1cc(=O)c2ccccc2o1. The van der Waals surface area contributed by atoms with Crippen molar-refractivity contribution < 1.29 is 9.21 Å². The van der Waals surface area contributed by atoms with Crippen molar-refractivity contribution >= 4 is 28.4 Å². The minimum absolute atomic E-state index is 0.0119. The predicted octanol–water partition coefficient (Wildman–Crippen LogP) is 3.43. The van der Waals surface area contributed by atoms with Crippen LogP contribution in [0, 0.1) is 0 Å². The number of benzene rings is 1. The number of amides is 1. The van der Waals surface area contributed by atoms with Crippen LogP contribution in [0.3, 0.4) is 0 Å². The second-order valence-electron chi connectivity index (χ2n) is 6.35. The standard InChI is InChI=1S/C20H19N3O3/c24-16-13-18(26-17-9-3-2-7-14(16)17)20(25)22-15-8-6-10-21-19(15)23-11-4-1-5-12-23/h2-3,6-10,13H,1,4-5,11-12H2,(H,22,25). The summed E-state index contributed by atoms with van der Waals surface area (Å²) in [5, 5.41) is 3.30. The summed E-state index contributed by atoms with van der Waals surface area (Å²) in [7, 11) is 0. The van der Waals surface area contributed by atoms with E-state index in [0.717, 1.165) is 31.7 Å². The highest BCUT2D eigenvalue weighted by Crippen LogP contribution is 2.26. The fraction of sp³-hybridized carbons (Fsp3) is 0.250. The Balaban J connectivity index is 1.64. The molecule has 1 aliphatic rings. The maximum atomic E-state index is 12.7. The maximum absolute atomic E-state index is 12.7. The van der Waals surface area contributed by atoms with Crippen LogP contribution in [0.15, 0.2) is 57.9 Å². The molecule has 2 aromatic heterocycles. The van der Waals surface area contributed by atoms with E-state index in [0.29, 0.717) is 16.7 Å². The molecule has 26 heavy (non-hydrogen) atoms. The first-order valence-electron chi connectivity index (χ1n) is 8.76. The van der Waals surface area contributed by atoms with Gasteiger partial charge in [-0.3, -0.25) is 9.59 Å². The summed E-state index contributed by atoms with van der Waals surface area (Å²) in [5.74, 6) is 0.282. The number of hydrogen-bond acceptors (Lipinski definition) is 5. The van der Waals surface area contributed by atoms with E-state index >= 15 is 0 Å². The molecule has 1 saturated heterocycles. The Hall–Kier alpha value is -3.15. The van der Waals surface area contributed by atoms with Crippen molar-refractivity contribution in [3.8, 4) is 0 Å². The maximum Gasteiger partial charge on any atom is 0.291 e. The molecule has 3 heterocycles. The molecule has 1 N–H and O–H groups in total. The summed E-state index contributed by atoms with van der Waals surface area (Å²) in [4.78, 5) is 31.5. The zero-order valence-corrected chi connectivity index (χ0v) is 14.3. The monoisotopic (exact) mass is 349 g/mol. The molecule has 6 heteroatoms. The summed E-state index contributed by atoms with van der Waals surface area (Å²) in [6.07, 6.45) is 5.16. The topological polar surface area (TPSA) is 75.4 Å². The molecule has 0 radical (unpaired) electrons. The summed E-state index contributed by atoms with van der Waals surface area (Å²) >= 11 is 0. The van der Waals surface area contributed by atoms with Crippen LogP contribution in [0.1, 0.15) is 29.8 Å². The van der Waals surface area contributed by atoms with Gasteiger partial charge in [0.25, 0.3) is 5.91 Å². The van der Waals surface area contributed by atoms with E-state index in [1.54, 1.807) is 36.5 Å². The molecule has 4 rings (SSSR count). The Morgan fingerprint density at radius 2 is 1.88 bits per heavy atom. The van der Waals surface area contributed by atoms with Crippen LogP contribution in [0.4, 0.5) is 11.5 Å². The van der Waals surface area contributed by atoms with E-state index < -0.39 is 5.91 Å². The highest BCUT2D eigenvalue weighted by atomic mass is 16.3. The number of rotatable bonds is 3. The van der Waals surface area contributed by atoms with Crippen LogP contribution < -0.4 is 15.6 Å². The van der Waals surface area contributed by atoms with Crippen molar-refractivity contribution in [3.63, 3.8) is 0 Å². The van der Waals surface area contributed by atoms with E-state index in [2.05, 4.69) is 15.2 Å². The molecule has 1 amide bonds. The number of para-hydroxylation sites is 1. The minimum Gasteiger partial charge on any atom is -0.451 e. The lowest BCUT2D eigenvalue weighted by molar-refractivity contribution is 0.0997. The average Bonchev–Trinajstić information content (AvgIpc) is 2.69. The minimum atomic E-state index is -0.459. The van der Waals surface area contributed by atoms with E-state index in [1.807, 2.05) is 6.07 Å². The number of pyridine rings is 1. The highest BCUT2D eigenvalue weighted by molar-refractivity contribution is 6.04. The van der Waals surface area contributed by atoms with Crippen molar-refractivity contribution in [2.24, 2.45) is 0 Å². The van der Waals surface area contributed by atoms with Crippen LogP contribution in [-0.4, -0.2) is 24.0 Å². The first-order valence-corrected chi connectivity index (χ1v) is 8.76. The third-order valence-corrected chi connectivity index (χ3v) is 4.55. The number of nitrogens with zero attached hydrogens (tertiary/aromatic N) is 2. The molecule has 0 unspecified atom stereocenters. The molecule has 1 aliphatic heterocycles. The second-order valence-corrected chi connectivity index (χ2v) is 6.35. The number of anilines is 2. The predicted molar refractivity (Wildman–Crippen MR) is 101 cm³/mol. The molecule has 0 saturated carbocycles. The number of nitrogens with one attached hydrogen (secondary N) is 1. The zero-order chi connectivity index (χ0) is 17.9. The fourth-order valence-electron chi connectivity index (χ4n) is 3.25. The van der Waals surface area contributed by atoms with E-state index in [9.17, 15) is 9.59 Å². The van der Waals surface area contributed by atoms with Gasteiger partial charge in [-0.1, -0.05) is 12.1 Å². The van der Waals surface area contributed by atoms with Gasteiger partial charge >= 0.3 is 0 Å². The van der Waals surface area contributed by atoms with Crippen molar-refractivity contribution in [2.45, 2.75) is 19.3 Å². The highest BCUT2D eigenvalue weighted by Gasteiger charge is 2.19. The number of carbonyl (C=O) groups excluding carboxylic acids is 1. The molecular formula is C20H19N3O3. The van der Waals surface area contributed by atoms with Crippen molar-refractivity contribution in [1.82, 2.24) is 4.98 Å². The van der Waals surface area contributed by atoms with Gasteiger partial charge in [0.05, 0.1) is 11.1 Å². The van der Waals surface area contributed by atoms with E-state index in [1.165, 1.54) is 12.5 Å². The molecule has 3 aromatic rings. The number of piperidine rings is 1. The average molecular weight is 349 g/mol. The lowest BCUT2D eigenvalue weighted by atomic mass is 10.1. The van der Waals surface area contributed by atoms with Gasteiger partial charge in [0.1, 0.15) is 5.58 Å². The van der Waals surface area contributed by atoms with Gasteiger partial charge in [-0.25, -0.2) is 4.98 Å². The molecule has 1 fully saturated rings. The van der Waals surface area contributed by atoms with Gasteiger partial charge in [0.2, 0.25) is 0 Å². The Morgan fingerprint density at radius 1 is 1.08 bits per heavy atom. The molecule has 132 valence electrons. The zero-order valence-electron chi connectivity index (χ0n) is 14.3. The molecular weight excluding hydrogens is 330 g/mol. The number of hydrogen-bond donors (Lipinski definition) is 1. The Bertz CT molecular complexity index is 1010. The lowest BCUT2D eigenvalue weighted by Gasteiger charge is -2.29. The fourth-order valence-corrected chi connectivity index (χ4v) is 3.25. The van der Waals surface area contributed by atoms with Gasteiger partial charge in [-0.05, 0) is 43.5 Å². The first-order chi connectivity index (χ1) is 12.7. The Morgan fingerprint density at radius 3 is 2.73 bits per heavy atom. The molecule has 0 bridgehead atoms. The molecule has 0 spiro atoms. The van der Waals surface area contributed by atoms with Crippen molar-refractivity contribution in [3.05, 3.63) is 64.6 Å². The van der Waals surface area contributed by atoms with Gasteiger partial charge < -0.3 is 14.6 Å². The molecule has 0 aliphatic carbocycles. The van der Waals surface area contributed by atoms with Crippen molar-refractivity contribution in [2.75, 3.05) is 23.3 Å². The van der Waals surface area contributed by atoms with Crippen LogP contribution in [0.5, 0.6) is 0 Å². The smallest absolute Gasteiger partial charge is 0.291 e. The Kier molecular flexibility index (Phi) is 4.39. The van der Waals surface area contributed by atoms with Crippen molar-refractivity contribution in [1.29, 1.82) is 0 Å². The lowest BCUT2D eigenvalue weighted by Crippen LogP contribution is -2.31. The summed E-state index contributed by atoms with van der Waals surface area (Å²) in [6.45, 7) is 1.84. The first kappa shape index (κ1) is 16.3. The Labute approximate surface area is 150 Å². The molecule has 0 atom stereocenters. The number of carbonyl (C=O) groups is 1. The third kappa shape index (κ3) is 3.18. The summed E-state index contributed by atoms with van der Waals surface area (Å²) in [6, 6.07) is 11.7. The molecule has 6 nitrogen and oxygen atoms in total. The van der Waals surface area contributed by atoms with Gasteiger partial charge in [0, 0.05) is 25.4 Å². The largest absolute Gasteiger partial charge is 0.451 e. The third-order valence-electron chi connectivity index (χ3n) is 4.55. The van der Waals surface area contributed by atoms with Crippen LogP contribution in [0.2, 0.25) is 0 Å². The van der Waals surface area contributed by atoms with Gasteiger partial charge in [-0.2, -0.15) is 0 Å². The number of fused-ring (bicyclic) bond motifs is 1. The van der Waals surface area contributed by atoms with Gasteiger partial charge in [-0.15, -0.1) is 0 Å². The second kappa shape index (κ2) is 7.00. The summed E-state index contributed by atoms with van der Waals surface area (Å²) < 4.78 is 5.62.